The van der Waals surface area contributed by atoms with Crippen molar-refractivity contribution >= 4 is 11.7 Å². The Bertz CT molecular complexity index is 570. The van der Waals surface area contributed by atoms with Gasteiger partial charge in [-0.1, -0.05) is 0 Å². The number of aromatic nitrogens is 2. The summed E-state index contributed by atoms with van der Waals surface area (Å²) in [7, 11) is 3.11. The number of methoxy groups -OCH3 is 1. The first-order valence-electron chi connectivity index (χ1n) is 5.60. The topological polar surface area (TPSA) is 73.3 Å². The van der Waals surface area contributed by atoms with Gasteiger partial charge in [0.2, 0.25) is 11.7 Å². The van der Waals surface area contributed by atoms with E-state index in [1.165, 1.54) is 13.3 Å². The van der Waals surface area contributed by atoms with Gasteiger partial charge in [-0.15, -0.1) is 0 Å². The van der Waals surface area contributed by atoms with E-state index >= 15 is 0 Å². The van der Waals surface area contributed by atoms with Gasteiger partial charge in [-0.25, -0.2) is 9.78 Å². The number of esters is 1. The molecule has 1 aromatic heterocycles. The highest BCUT2D eigenvalue weighted by Gasteiger charge is 2.10. The maximum absolute atomic E-state index is 11.3. The van der Waals surface area contributed by atoms with Gasteiger partial charge >= 0.3 is 5.97 Å². The summed E-state index contributed by atoms with van der Waals surface area (Å²) in [5, 5.41) is 3.01. The molecule has 0 unspecified atom stereocenters. The van der Waals surface area contributed by atoms with Gasteiger partial charge in [-0.2, -0.15) is 4.98 Å². The van der Waals surface area contributed by atoms with Crippen molar-refractivity contribution in [2.75, 3.05) is 19.5 Å². The van der Waals surface area contributed by atoms with Crippen molar-refractivity contribution in [2.24, 2.45) is 0 Å². The Morgan fingerprint density at radius 2 is 1.95 bits per heavy atom. The normalized spacial score (nSPS) is 9.79. The zero-order chi connectivity index (χ0) is 13.7. The van der Waals surface area contributed by atoms with E-state index in [2.05, 4.69) is 20.0 Å². The summed E-state index contributed by atoms with van der Waals surface area (Å²) in [6, 6.07) is 8.91. The number of nitrogens with one attached hydrogen (secondary N) is 1. The lowest BCUT2D eigenvalue weighted by Crippen LogP contribution is -2.07. The predicted molar refractivity (Wildman–Crippen MR) is 69.4 cm³/mol. The van der Waals surface area contributed by atoms with Gasteiger partial charge in [0.25, 0.3) is 0 Å². The lowest BCUT2D eigenvalue weighted by Gasteiger charge is -2.06. The zero-order valence-electron chi connectivity index (χ0n) is 10.6. The first-order chi connectivity index (χ1) is 9.22. The molecule has 98 valence electrons. The van der Waals surface area contributed by atoms with E-state index < -0.39 is 5.97 Å². The van der Waals surface area contributed by atoms with E-state index in [4.69, 9.17) is 4.74 Å². The van der Waals surface area contributed by atoms with Gasteiger partial charge < -0.3 is 14.8 Å². The number of anilines is 1. The first kappa shape index (κ1) is 12.8. The van der Waals surface area contributed by atoms with Crippen molar-refractivity contribution in [3.8, 4) is 11.6 Å². The van der Waals surface area contributed by atoms with E-state index in [-0.39, 0.29) is 11.7 Å². The number of hydrogen-bond donors (Lipinski definition) is 1. The van der Waals surface area contributed by atoms with E-state index in [1.54, 1.807) is 18.2 Å². The molecule has 0 aliphatic heterocycles. The summed E-state index contributed by atoms with van der Waals surface area (Å²) in [6.07, 6.45) is 1.44. The maximum Gasteiger partial charge on any atom is 0.376 e. The largest absolute Gasteiger partial charge is 0.463 e. The molecule has 2 aromatic rings. The molecule has 1 heterocycles. The van der Waals surface area contributed by atoms with Crippen LogP contribution in [0.2, 0.25) is 0 Å². The maximum atomic E-state index is 11.3. The molecular weight excluding hydrogens is 246 g/mol. The molecule has 0 bridgehead atoms. The number of carbonyl (C=O) groups excluding carboxylic acids is 1. The van der Waals surface area contributed by atoms with Gasteiger partial charge in [0.05, 0.1) is 7.11 Å². The van der Waals surface area contributed by atoms with E-state index in [9.17, 15) is 4.79 Å². The molecule has 19 heavy (non-hydrogen) atoms. The molecule has 2 rings (SSSR count). The molecule has 0 radical (unpaired) electrons. The third kappa shape index (κ3) is 3.19. The van der Waals surface area contributed by atoms with Crippen LogP contribution in [0, 0.1) is 0 Å². The van der Waals surface area contributed by atoms with Crippen LogP contribution in [-0.4, -0.2) is 30.1 Å². The molecule has 1 N–H and O–H groups in total. The minimum Gasteiger partial charge on any atom is -0.463 e. The third-order valence-corrected chi connectivity index (χ3v) is 2.36. The average molecular weight is 259 g/mol. The average Bonchev–Trinajstić information content (AvgIpc) is 2.47. The van der Waals surface area contributed by atoms with Crippen LogP contribution in [0.5, 0.6) is 11.6 Å². The fraction of sp³-hybridized carbons (Fsp3) is 0.154. The van der Waals surface area contributed by atoms with Crippen molar-refractivity contribution in [1.82, 2.24) is 9.97 Å². The van der Waals surface area contributed by atoms with Crippen LogP contribution < -0.4 is 10.1 Å². The van der Waals surface area contributed by atoms with E-state index in [1.807, 2.05) is 19.2 Å². The molecule has 6 nitrogen and oxygen atoms in total. The highest BCUT2D eigenvalue weighted by atomic mass is 16.5. The Labute approximate surface area is 110 Å². The number of benzene rings is 1. The summed E-state index contributed by atoms with van der Waals surface area (Å²) >= 11 is 0. The summed E-state index contributed by atoms with van der Waals surface area (Å²) < 4.78 is 10.1. The van der Waals surface area contributed by atoms with Crippen LogP contribution in [0.25, 0.3) is 0 Å². The Hall–Kier alpha value is -2.63. The van der Waals surface area contributed by atoms with Crippen LogP contribution >= 0.6 is 0 Å². The second kappa shape index (κ2) is 5.81. The molecule has 0 aliphatic rings. The summed E-state index contributed by atoms with van der Waals surface area (Å²) in [4.78, 5) is 19.1. The van der Waals surface area contributed by atoms with E-state index in [0.717, 1.165) is 5.69 Å². The van der Waals surface area contributed by atoms with Gasteiger partial charge in [-0.3, -0.25) is 0 Å². The molecule has 0 fully saturated rings. The summed E-state index contributed by atoms with van der Waals surface area (Å²) in [6.45, 7) is 0. The van der Waals surface area contributed by atoms with Crippen LogP contribution in [0.3, 0.4) is 0 Å². The fourth-order valence-corrected chi connectivity index (χ4v) is 1.40. The van der Waals surface area contributed by atoms with Gasteiger partial charge in [-0.05, 0) is 24.3 Å². The highest BCUT2D eigenvalue weighted by molar-refractivity contribution is 5.85. The van der Waals surface area contributed by atoms with Crippen LogP contribution in [-0.2, 0) is 4.74 Å². The molecule has 0 saturated carbocycles. The number of rotatable bonds is 4. The predicted octanol–water partition coefficient (Wildman–Crippen LogP) is 2.10. The van der Waals surface area contributed by atoms with Gasteiger partial charge in [0.1, 0.15) is 5.75 Å². The SMILES string of the molecule is CNc1ccc(Oc2ccnc(C(=O)OC)n2)cc1. The molecule has 1 aromatic carbocycles. The van der Waals surface area contributed by atoms with Crippen molar-refractivity contribution in [3.63, 3.8) is 0 Å². The molecule has 0 saturated heterocycles. The number of nitrogens with zero attached hydrogens (tertiary/aromatic N) is 2. The lowest BCUT2D eigenvalue weighted by atomic mass is 10.3. The number of hydrogen-bond acceptors (Lipinski definition) is 6. The van der Waals surface area contributed by atoms with Crippen molar-refractivity contribution in [2.45, 2.75) is 0 Å². The Kier molecular flexibility index (Phi) is 3.92. The Morgan fingerprint density at radius 1 is 1.21 bits per heavy atom. The van der Waals surface area contributed by atoms with Crippen LogP contribution in [0.4, 0.5) is 5.69 Å². The number of ether oxygens (including phenoxy) is 2. The van der Waals surface area contributed by atoms with Gasteiger partial charge in [0.15, 0.2) is 0 Å². The smallest absolute Gasteiger partial charge is 0.376 e. The molecular formula is C13H13N3O3. The molecule has 0 aliphatic carbocycles. The third-order valence-electron chi connectivity index (χ3n) is 2.36. The Morgan fingerprint density at radius 3 is 2.58 bits per heavy atom. The first-order valence-corrected chi connectivity index (χ1v) is 5.60. The molecule has 0 spiro atoms. The highest BCUT2D eigenvalue weighted by Crippen LogP contribution is 2.21. The molecule has 6 heteroatoms. The summed E-state index contributed by atoms with van der Waals surface area (Å²) in [5.74, 6) is 0.268. The molecule has 0 amide bonds. The molecule has 0 atom stereocenters. The number of carbonyl (C=O) groups is 1. The Balaban J connectivity index is 2.16. The second-order valence-electron chi connectivity index (χ2n) is 3.59. The van der Waals surface area contributed by atoms with Crippen LogP contribution in [0.1, 0.15) is 10.6 Å². The lowest BCUT2D eigenvalue weighted by molar-refractivity contribution is 0.0585. The fourth-order valence-electron chi connectivity index (χ4n) is 1.40. The minimum atomic E-state index is -0.601. The van der Waals surface area contributed by atoms with Crippen LogP contribution in [0.15, 0.2) is 36.5 Å². The standard InChI is InChI=1S/C13H13N3O3/c1-14-9-3-5-10(6-4-9)19-11-7-8-15-12(16-11)13(17)18-2/h3-8,14H,1-2H3. The summed E-state index contributed by atoms with van der Waals surface area (Å²) in [5.41, 5.74) is 0.977. The zero-order valence-corrected chi connectivity index (χ0v) is 10.6. The monoisotopic (exact) mass is 259 g/mol. The second-order valence-corrected chi connectivity index (χ2v) is 3.59. The van der Waals surface area contributed by atoms with Crippen molar-refractivity contribution in [3.05, 3.63) is 42.4 Å². The van der Waals surface area contributed by atoms with Crippen molar-refractivity contribution < 1.29 is 14.3 Å². The van der Waals surface area contributed by atoms with Gasteiger partial charge in [0, 0.05) is 25.0 Å². The van der Waals surface area contributed by atoms with E-state index in [0.29, 0.717) is 5.75 Å². The van der Waals surface area contributed by atoms with Crippen molar-refractivity contribution in [1.29, 1.82) is 0 Å². The minimum absolute atomic E-state index is 0.0353. The quantitative estimate of drug-likeness (QED) is 0.847.